The number of halogens is 2. The van der Waals surface area contributed by atoms with Crippen LogP contribution in [0.5, 0.6) is 0 Å². The Morgan fingerprint density at radius 2 is 2.11 bits per heavy atom. The van der Waals surface area contributed by atoms with E-state index < -0.39 is 0 Å². The number of nitrogens with one attached hydrogen (secondary N) is 1. The quantitative estimate of drug-likeness (QED) is 0.858. The lowest BCUT2D eigenvalue weighted by atomic mass is 9.87. The van der Waals surface area contributed by atoms with Crippen molar-refractivity contribution in [2.45, 2.75) is 39.7 Å². The smallest absolute Gasteiger partial charge is 0.225 e. The molecule has 19 heavy (non-hydrogen) atoms. The highest BCUT2D eigenvalue weighted by Gasteiger charge is 2.18. The molecule has 0 aliphatic rings. The first kappa shape index (κ1) is 16.5. The molecule has 0 aliphatic carbocycles. The van der Waals surface area contributed by atoms with Gasteiger partial charge in [0.1, 0.15) is 0 Å². The predicted molar refractivity (Wildman–Crippen MR) is 84.4 cm³/mol. The number of hydrogen-bond donors (Lipinski definition) is 2. The molecule has 0 saturated carbocycles. The Hall–Kier alpha value is -0.580. The highest BCUT2D eigenvalue weighted by molar-refractivity contribution is 9.10. The first-order valence-electron chi connectivity index (χ1n) is 6.18. The van der Waals surface area contributed by atoms with E-state index in [1.54, 1.807) is 18.2 Å². The Bertz CT molecular complexity index is 457. The molecule has 106 valence electrons. The fraction of sp³-hybridized carbons (Fsp3) is 0.500. The summed E-state index contributed by atoms with van der Waals surface area (Å²) in [5.74, 6) is -0.0835. The zero-order valence-electron chi connectivity index (χ0n) is 11.5. The third-order valence-corrected chi connectivity index (χ3v) is 3.42. The van der Waals surface area contributed by atoms with Crippen LogP contribution in [0.2, 0.25) is 5.02 Å². The number of hydrogen-bond acceptors (Lipinski definition) is 2. The van der Waals surface area contributed by atoms with Gasteiger partial charge in [-0.1, -0.05) is 32.4 Å². The summed E-state index contributed by atoms with van der Waals surface area (Å²) in [6.07, 6.45) is 1.12. The van der Waals surface area contributed by atoms with Gasteiger partial charge in [-0.15, -0.1) is 0 Å². The monoisotopic (exact) mass is 346 g/mol. The van der Waals surface area contributed by atoms with Gasteiger partial charge in [-0.05, 0) is 46.0 Å². The first-order valence-corrected chi connectivity index (χ1v) is 7.35. The average molecular weight is 348 g/mol. The van der Waals surface area contributed by atoms with Gasteiger partial charge in [-0.25, -0.2) is 0 Å². The molecule has 0 radical (unpaired) electrons. The molecule has 1 aromatic rings. The Morgan fingerprint density at radius 1 is 1.47 bits per heavy atom. The van der Waals surface area contributed by atoms with Crippen LogP contribution in [0, 0.1) is 5.41 Å². The van der Waals surface area contributed by atoms with Crippen LogP contribution in [0.1, 0.15) is 33.6 Å². The standard InChI is InChI=1S/C14H20BrClN2O/c1-14(2,3)8-10(17)7-13(19)18-12-5-4-9(16)6-11(12)15/h4-6,10H,7-8,17H2,1-3H3,(H,18,19). The minimum absolute atomic E-state index is 0.0835. The number of amides is 1. The number of nitrogens with two attached hydrogens (primary N) is 1. The second kappa shape index (κ2) is 6.73. The zero-order valence-corrected chi connectivity index (χ0v) is 13.8. The molecule has 0 aliphatic heterocycles. The molecular weight excluding hydrogens is 328 g/mol. The molecule has 1 unspecified atom stereocenters. The van der Waals surface area contributed by atoms with Gasteiger partial charge in [0.15, 0.2) is 0 Å². The van der Waals surface area contributed by atoms with Crippen LogP contribution in [0.3, 0.4) is 0 Å². The molecular formula is C14H20BrClN2O. The largest absolute Gasteiger partial charge is 0.327 e. The number of rotatable bonds is 4. The molecule has 3 N–H and O–H groups in total. The minimum atomic E-state index is -0.133. The van der Waals surface area contributed by atoms with E-state index in [4.69, 9.17) is 17.3 Å². The van der Waals surface area contributed by atoms with Crippen molar-refractivity contribution in [3.63, 3.8) is 0 Å². The summed E-state index contributed by atoms with van der Waals surface area (Å²) in [5.41, 5.74) is 6.81. The normalized spacial score (nSPS) is 13.2. The maximum absolute atomic E-state index is 11.9. The third-order valence-electron chi connectivity index (χ3n) is 2.53. The Kier molecular flexibility index (Phi) is 5.83. The van der Waals surface area contributed by atoms with E-state index in [0.717, 1.165) is 10.9 Å². The third kappa shape index (κ3) is 6.41. The average Bonchev–Trinajstić information content (AvgIpc) is 2.19. The van der Waals surface area contributed by atoms with Gasteiger partial charge >= 0.3 is 0 Å². The van der Waals surface area contributed by atoms with Gasteiger partial charge in [0, 0.05) is 22.0 Å². The van der Waals surface area contributed by atoms with Crippen LogP contribution in [0.4, 0.5) is 5.69 Å². The van der Waals surface area contributed by atoms with E-state index in [1.165, 1.54) is 0 Å². The minimum Gasteiger partial charge on any atom is -0.327 e. The first-order chi connectivity index (χ1) is 8.67. The number of carbonyl (C=O) groups is 1. The van der Waals surface area contributed by atoms with Crippen molar-refractivity contribution in [3.8, 4) is 0 Å². The van der Waals surface area contributed by atoms with Crippen molar-refractivity contribution in [1.29, 1.82) is 0 Å². The second-order valence-corrected chi connectivity index (χ2v) is 7.19. The fourth-order valence-corrected chi connectivity index (χ4v) is 2.67. The van der Waals surface area contributed by atoms with Crippen LogP contribution in [0.15, 0.2) is 22.7 Å². The molecule has 0 fully saturated rings. The van der Waals surface area contributed by atoms with Gasteiger partial charge in [0.05, 0.1) is 5.69 Å². The Labute approximate surface area is 128 Å². The van der Waals surface area contributed by atoms with Crippen molar-refractivity contribution in [1.82, 2.24) is 0 Å². The molecule has 3 nitrogen and oxygen atoms in total. The number of anilines is 1. The van der Waals surface area contributed by atoms with Gasteiger partial charge in [-0.3, -0.25) is 4.79 Å². The van der Waals surface area contributed by atoms with Crippen LogP contribution >= 0.6 is 27.5 Å². The van der Waals surface area contributed by atoms with Crippen LogP contribution in [-0.2, 0) is 4.79 Å². The lowest BCUT2D eigenvalue weighted by Crippen LogP contribution is -2.31. The molecule has 0 saturated heterocycles. The molecule has 5 heteroatoms. The van der Waals surface area contributed by atoms with E-state index in [9.17, 15) is 4.79 Å². The molecule has 1 aromatic carbocycles. The molecule has 1 rings (SSSR count). The van der Waals surface area contributed by atoms with Crippen molar-refractivity contribution in [2.75, 3.05) is 5.32 Å². The highest BCUT2D eigenvalue weighted by atomic mass is 79.9. The van der Waals surface area contributed by atoms with E-state index in [1.807, 2.05) is 0 Å². The Balaban J connectivity index is 2.56. The molecule has 0 heterocycles. The lowest BCUT2D eigenvalue weighted by Gasteiger charge is -2.22. The molecule has 0 aromatic heterocycles. The van der Waals surface area contributed by atoms with E-state index in [0.29, 0.717) is 17.1 Å². The predicted octanol–water partition coefficient (Wildman–Crippen LogP) is 4.19. The maximum Gasteiger partial charge on any atom is 0.225 e. The van der Waals surface area contributed by atoms with Crippen LogP contribution in [-0.4, -0.2) is 11.9 Å². The van der Waals surface area contributed by atoms with Gasteiger partial charge in [0.25, 0.3) is 0 Å². The van der Waals surface area contributed by atoms with E-state index in [-0.39, 0.29) is 17.4 Å². The molecule has 0 spiro atoms. The van der Waals surface area contributed by atoms with Gasteiger partial charge in [-0.2, -0.15) is 0 Å². The highest BCUT2D eigenvalue weighted by Crippen LogP contribution is 2.26. The lowest BCUT2D eigenvalue weighted by molar-refractivity contribution is -0.116. The number of carbonyl (C=O) groups excluding carboxylic acids is 1. The zero-order chi connectivity index (χ0) is 14.6. The summed E-state index contributed by atoms with van der Waals surface area (Å²) in [7, 11) is 0. The fourth-order valence-electron chi connectivity index (χ4n) is 1.89. The summed E-state index contributed by atoms with van der Waals surface area (Å²) in [6, 6.07) is 5.11. The molecule has 1 amide bonds. The maximum atomic E-state index is 11.9. The van der Waals surface area contributed by atoms with Gasteiger partial charge in [0.2, 0.25) is 5.91 Å². The van der Waals surface area contributed by atoms with Gasteiger partial charge < -0.3 is 11.1 Å². The van der Waals surface area contributed by atoms with Crippen molar-refractivity contribution in [2.24, 2.45) is 11.1 Å². The summed E-state index contributed by atoms with van der Waals surface area (Å²) < 4.78 is 0.762. The number of benzene rings is 1. The summed E-state index contributed by atoms with van der Waals surface area (Å²) in [5, 5.41) is 3.45. The Morgan fingerprint density at radius 3 is 2.63 bits per heavy atom. The van der Waals surface area contributed by atoms with E-state index in [2.05, 4.69) is 42.0 Å². The molecule has 1 atom stereocenters. The van der Waals surface area contributed by atoms with Crippen molar-refractivity contribution < 1.29 is 4.79 Å². The summed E-state index contributed by atoms with van der Waals surface area (Å²) in [6.45, 7) is 6.33. The second-order valence-electron chi connectivity index (χ2n) is 5.90. The molecule has 0 bridgehead atoms. The van der Waals surface area contributed by atoms with Crippen LogP contribution < -0.4 is 11.1 Å². The van der Waals surface area contributed by atoms with Crippen molar-refractivity contribution in [3.05, 3.63) is 27.7 Å². The van der Waals surface area contributed by atoms with Crippen LogP contribution in [0.25, 0.3) is 0 Å². The topological polar surface area (TPSA) is 55.1 Å². The van der Waals surface area contributed by atoms with E-state index >= 15 is 0 Å². The van der Waals surface area contributed by atoms with Crippen molar-refractivity contribution >= 4 is 39.1 Å². The SMILES string of the molecule is CC(C)(C)CC(N)CC(=O)Nc1ccc(Cl)cc1Br. The summed E-state index contributed by atoms with van der Waals surface area (Å²) in [4.78, 5) is 11.9. The summed E-state index contributed by atoms with van der Waals surface area (Å²) >= 11 is 9.21.